The lowest BCUT2D eigenvalue weighted by atomic mass is 10.1. The first-order valence-corrected chi connectivity index (χ1v) is 8.74. The van der Waals surface area contributed by atoms with E-state index in [1.807, 2.05) is 39.8 Å². The van der Waals surface area contributed by atoms with Gasteiger partial charge in [0.05, 0.1) is 25.9 Å². The molecule has 6 heteroatoms. The summed E-state index contributed by atoms with van der Waals surface area (Å²) in [6.07, 6.45) is -0.562. The Bertz CT molecular complexity index is 602. The molecule has 0 aliphatic carbocycles. The second kappa shape index (κ2) is 9.42. The minimum atomic E-state index is -0.562. The molecular formula is C19H32N3O3+. The molecular weight excluding hydrogens is 318 g/mol. The van der Waals surface area contributed by atoms with Crippen molar-refractivity contribution in [3.8, 4) is 5.75 Å². The first-order chi connectivity index (χ1) is 11.7. The lowest BCUT2D eigenvalue weighted by Crippen LogP contribution is -3.10. The zero-order valence-electron chi connectivity index (χ0n) is 16.5. The number of rotatable bonds is 7. The summed E-state index contributed by atoms with van der Waals surface area (Å²) in [7, 11) is 1.68. The molecule has 0 bridgehead atoms. The maximum absolute atomic E-state index is 11.7. The highest BCUT2D eigenvalue weighted by atomic mass is 16.6. The van der Waals surface area contributed by atoms with Crippen molar-refractivity contribution >= 4 is 11.8 Å². The molecule has 1 amide bonds. The fraction of sp³-hybridized carbons (Fsp3) is 0.579. The second-order valence-electron chi connectivity index (χ2n) is 6.97. The van der Waals surface area contributed by atoms with E-state index >= 15 is 0 Å². The van der Waals surface area contributed by atoms with Gasteiger partial charge in [-0.3, -0.25) is 0 Å². The third-order valence-corrected chi connectivity index (χ3v) is 3.85. The molecule has 0 saturated heterocycles. The molecule has 0 unspecified atom stereocenters. The molecule has 0 heterocycles. The monoisotopic (exact) mass is 350 g/mol. The highest BCUT2D eigenvalue weighted by molar-refractivity contribution is 5.99. The van der Waals surface area contributed by atoms with Crippen molar-refractivity contribution in [2.45, 2.75) is 53.7 Å². The summed E-state index contributed by atoms with van der Waals surface area (Å²) in [4.78, 5) is 13.2. The highest BCUT2D eigenvalue weighted by Gasteiger charge is 2.16. The first kappa shape index (κ1) is 21.0. The molecule has 0 aliphatic rings. The quantitative estimate of drug-likeness (QED) is 0.586. The van der Waals surface area contributed by atoms with Crippen molar-refractivity contribution in [2.24, 2.45) is 5.10 Å². The summed E-state index contributed by atoms with van der Waals surface area (Å²) in [6, 6.07) is 5.95. The van der Waals surface area contributed by atoms with Crippen molar-refractivity contribution in [3.63, 3.8) is 0 Å². The van der Waals surface area contributed by atoms with Crippen LogP contribution in [0.15, 0.2) is 23.3 Å². The van der Waals surface area contributed by atoms with E-state index in [0.717, 1.165) is 36.5 Å². The van der Waals surface area contributed by atoms with Crippen LogP contribution in [-0.2, 0) is 11.3 Å². The van der Waals surface area contributed by atoms with Crippen LogP contribution in [0.2, 0.25) is 0 Å². The SMILES string of the molecule is CC[NH+](CC)Cc1cc(/C(C)=N\NC(=O)OC(C)(C)C)ccc1OC. The Kier molecular flexibility index (Phi) is 7.90. The number of quaternary nitrogens is 1. The number of amides is 1. The molecule has 1 rings (SSSR count). The van der Waals surface area contributed by atoms with Gasteiger partial charge in [0.25, 0.3) is 0 Å². The van der Waals surface area contributed by atoms with Gasteiger partial charge in [-0.25, -0.2) is 10.2 Å². The predicted octanol–water partition coefficient (Wildman–Crippen LogP) is 2.37. The number of carbonyl (C=O) groups is 1. The van der Waals surface area contributed by atoms with Crippen LogP contribution >= 0.6 is 0 Å². The Morgan fingerprint density at radius 3 is 2.40 bits per heavy atom. The van der Waals surface area contributed by atoms with Gasteiger partial charge in [-0.15, -0.1) is 0 Å². The van der Waals surface area contributed by atoms with Crippen molar-refractivity contribution in [1.29, 1.82) is 0 Å². The number of hydrogen-bond donors (Lipinski definition) is 2. The van der Waals surface area contributed by atoms with Crippen LogP contribution in [0.1, 0.15) is 52.7 Å². The Balaban J connectivity index is 2.93. The molecule has 25 heavy (non-hydrogen) atoms. The zero-order valence-corrected chi connectivity index (χ0v) is 16.5. The van der Waals surface area contributed by atoms with Crippen LogP contribution in [0.5, 0.6) is 5.75 Å². The standard InChI is InChI=1S/C19H31N3O3/c1-8-22(9-2)13-16-12-15(10-11-17(16)24-7)14(3)20-21-18(23)25-19(4,5)6/h10-12H,8-9,13H2,1-7H3,(H,21,23)/p+1/b20-14-. The minimum absolute atomic E-state index is 0.548. The van der Waals surface area contributed by atoms with Gasteiger partial charge in [0.1, 0.15) is 17.9 Å². The van der Waals surface area contributed by atoms with Gasteiger partial charge in [0.2, 0.25) is 0 Å². The minimum Gasteiger partial charge on any atom is -0.496 e. The van der Waals surface area contributed by atoms with Crippen molar-refractivity contribution in [2.75, 3.05) is 20.2 Å². The fourth-order valence-corrected chi connectivity index (χ4v) is 2.41. The molecule has 140 valence electrons. The normalized spacial score (nSPS) is 12.2. The summed E-state index contributed by atoms with van der Waals surface area (Å²) in [5.74, 6) is 0.871. The maximum atomic E-state index is 11.7. The van der Waals surface area contributed by atoms with Gasteiger partial charge in [-0.05, 0) is 65.3 Å². The van der Waals surface area contributed by atoms with Crippen LogP contribution < -0.4 is 15.1 Å². The smallest absolute Gasteiger partial charge is 0.428 e. The van der Waals surface area contributed by atoms with Crippen molar-refractivity contribution in [3.05, 3.63) is 29.3 Å². The van der Waals surface area contributed by atoms with Gasteiger partial charge < -0.3 is 14.4 Å². The number of benzene rings is 1. The summed E-state index contributed by atoms with van der Waals surface area (Å²) in [5, 5.41) is 4.14. The van der Waals surface area contributed by atoms with E-state index in [2.05, 4.69) is 30.4 Å². The third kappa shape index (κ3) is 7.13. The summed E-state index contributed by atoms with van der Waals surface area (Å²) >= 11 is 0. The summed E-state index contributed by atoms with van der Waals surface area (Å²) < 4.78 is 10.7. The number of methoxy groups -OCH3 is 1. The van der Waals surface area contributed by atoms with Crippen molar-refractivity contribution < 1.29 is 19.2 Å². The van der Waals surface area contributed by atoms with E-state index in [4.69, 9.17) is 9.47 Å². The first-order valence-electron chi connectivity index (χ1n) is 8.74. The van der Waals surface area contributed by atoms with Gasteiger partial charge >= 0.3 is 6.09 Å². The molecule has 1 aromatic carbocycles. The van der Waals surface area contributed by atoms with Crippen LogP contribution in [0.25, 0.3) is 0 Å². The van der Waals surface area contributed by atoms with Gasteiger partial charge in [0, 0.05) is 5.56 Å². The molecule has 0 radical (unpaired) electrons. The molecule has 0 aliphatic heterocycles. The average molecular weight is 350 g/mol. The molecule has 0 saturated carbocycles. The van der Waals surface area contributed by atoms with Gasteiger partial charge in [-0.1, -0.05) is 0 Å². The van der Waals surface area contributed by atoms with Gasteiger partial charge in [-0.2, -0.15) is 5.10 Å². The Morgan fingerprint density at radius 1 is 1.24 bits per heavy atom. The molecule has 1 aromatic rings. The fourth-order valence-electron chi connectivity index (χ4n) is 2.41. The van der Waals surface area contributed by atoms with E-state index in [1.54, 1.807) is 7.11 Å². The predicted molar refractivity (Wildman–Crippen MR) is 100 cm³/mol. The van der Waals surface area contributed by atoms with Crippen LogP contribution in [0.3, 0.4) is 0 Å². The maximum Gasteiger partial charge on any atom is 0.428 e. The molecule has 6 nitrogen and oxygen atoms in total. The van der Waals surface area contributed by atoms with E-state index in [-0.39, 0.29) is 0 Å². The second-order valence-corrected chi connectivity index (χ2v) is 6.97. The third-order valence-electron chi connectivity index (χ3n) is 3.85. The summed E-state index contributed by atoms with van der Waals surface area (Å²) in [6.45, 7) is 14.6. The number of ether oxygens (including phenoxy) is 2. The van der Waals surface area contributed by atoms with E-state index < -0.39 is 11.7 Å². The number of nitrogens with one attached hydrogen (secondary N) is 2. The molecule has 0 fully saturated rings. The van der Waals surface area contributed by atoms with Crippen LogP contribution in [0.4, 0.5) is 4.79 Å². The van der Waals surface area contributed by atoms with Crippen LogP contribution in [0, 0.1) is 0 Å². The molecule has 2 N–H and O–H groups in total. The van der Waals surface area contributed by atoms with Crippen molar-refractivity contribution in [1.82, 2.24) is 5.43 Å². The number of nitrogens with zero attached hydrogens (tertiary/aromatic N) is 1. The Hall–Kier alpha value is -2.08. The lowest BCUT2D eigenvalue weighted by Gasteiger charge is -2.19. The Morgan fingerprint density at radius 2 is 1.88 bits per heavy atom. The van der Waals surface area contributed by atoms with E-state index in [0.29, 0.717) is 5.71 Å². The van der Waals surface area contributed by atoms with Gasteiger partial charge in [0.15, 0.2) is 0 Å². The lowest BCUT2D eigenvalue weighted by molar-refractivity contribution is -0.910. The van der Waals surface area contributed by atoms with E-state index in [9.17, 15) is 4.79 Å². The average Bonchev–Trinajstić information content (AvgIpc) is 2.55. The number of hydrazone groups is 1. The largest absolute Gasteiger partial charge is 0.496 e. The number of carbonyl (C=O) groups excluding carboxylic acids is 1. The number of hydrogen-bond acceptors (Lipinski definition) is 4. The molecule has 0 spiro atoms. The summed E-state index contributed by atoms with van der Waals surface area (Å²) in [5.41, 5.74) is 4.68. The van der Waals surface area contributed by atoms with E-state index in [1.165, 1.54) is 4.90 Å². The van der Waals surface area contributed by atoms with Crippen LogP contribution in [-0.4, -0.2) is 37.6 Å². The molecule has 0 aromatic heterocycles. The Labute approximate surface area is 151 Å². The molecule has 0 atom stereocenters. The zero-order chi connectivity index (χ0) is 19.0. The highest BCUT2D eigenvalue weighted by Crippen LogP contribution is 2.19. The topological polar surface area (TPSA) is 64.4 Å².